The number of aliphatic carboxylic acids is 2. The second-order valence-corrected chi connectivity index (χ2v) is 17.9. The summed E-state index contributed by atoms with van der Waals surface area (Å²) in [5.41, 5.74) is 1.04. The molecule has 1 aromatic carbocycles. The van der Waals surface area contributed by atoms with Gasteiger partial charge in [0.25, 0.3) is 0 Å². The predicted molar refractivity (Wildman–Crippen MR) is 233 cm³/mol. The highest BCUT2D eigenvalue weighted by Crippen LogP contribution is 2.30. The van der Waals surface area contributed by atoms with Crippen LogP contribution in [0.1, 0.15) is 163 Å². The highest BCUT2D eigenvalue weighted by Gasteiger charge is 2.35. The maximum atomic E-state index is 14.1. The van der Waals surface area contributed by atoms with Gasteiger partial charge in [0.05, 0.1) is 18.4 Å². The largest absolute Gasteiger partial charge is 0.481 e. The van der Waals surface area contributed by atoms with Gasteiger partial charge in [0.1, 0.15) is 40.5 Å². The van der Waals surface area contributed by atoms with Gasteiger partial charge in [-0.15, -0.1) is 0 Å². The second-order valence-electron chi connectivity index (χ2n) is 17.9. The first kappa shape index (κ1) is 54.8. The van der Waals surface area contributed by atoms with Gasteiger partial charge < -0.3 is 15.3 Å². The number of benzene rings is 1. The number of carbonyl (C=O) groups excluding carboxylic acids is 7. The number of ketones is 7. The van der Waals surface area contributed by atoms with Crippen molar-refractivity contribution in [2.45, 2.75) is 170 Å². The van der Waals surface area contributed by atoms with Gasteiger partial charge in [-0.1, -0.05) is 97.6 Å². The Bertz CT molecular complexity index is 1590. The molecule has 0 aliphatic carbocycles. The molecule has 0 saturated heterocycles. The van der Waals surface area contributed by atoms with Gasteiger partial charge in [-0.05, 0) is 50.5 Å². The summed E-state index contributed by atoms with van der Waals surface area (Å²) < 4.78 is 0. The average molecular weight is 855 g/mol. The highest BCUT2D eigenvalue weighted by atomic mass is 16.4. The zero-order valence-electron chi connectivity index (χ0n) is 37.8. The molecule has 0 bridgehead atoms. The van der Waals surface area contributed by atoms with Gasteiger partial charge >= 0.3 is 11.9 Å². The van der Waals surface area contributed by atoms with Crippen LogP contribution in [-0.4, -0.2) is 73.8 Å². The molecule has 1 unspecified atom stereocenters. The molecule has 0 aromatic heterocycles. The molecule has 12 nitrogen and oxygen atoms in total. The Morgan fingerprint density at radius 3 is 1.43 bits per heavy atom. The van der Waals surface area contributed by atoms with Gasteiger partial charge in [-0.3, -0.25) is 43.2 Å². The molecule has 0 saturated carbocycles. The third-order valence-corrected chi connectivity index (χ3v) is 11.7. The molecule has 0 heterocycles. The summed E-state index contributed by atoms with van der Waals surface area (Å²) >= 11 is 0. The molecule has 0 aliphatic heterocycles. The molecule has 0 spiro atoms. The fourth-order valence-electron chi connectivity index (χ4n) is 8.03. The Morgan fingerprint density at radius 2 is 1.00 bits per heavy atom. The molecule has 0 radical (unpaired) electrons. The molecule has 3 N–H and O–H groups in total. The van der Waals surface area contributed by atoms with Crippen LogP contribution in [0.15, 0.2) is 30.3 Å². The summed E-state index contributed by atoms with van der Waals surface area (Å²) in [6, 6.07) is 9.76. The summed E-state index contributed by atoms with van der Waals surface area (Å²) in [5, 5.41) is 29.2. The normalized spacial score (nSPS) is 15.0. The molecule has 7 atom stereocenters. The number of hydrogen-bond donors (Lipinski definition) is 3. The van der Waals surface area contributed by atoms with Crippen molar-refractivity contribution in [1.29, 1.82) is 0 Å². The third-order valence-electron chi connectivity index (χ3n) is 11.7. The van der Waals surface area contributed by atoms with E-state index in [0.717, 1.165) is 24.8 Å². The molecule has 342 valence electrons. The molecule has 0 fully saturated rings. The van der Waals surface area contributed by atoms with Crippen LogP contribution in [0, 0.1) is 47.3 Å². The molecular formula is C49H74O12. The summed E-state index contributed by atoms with van der Waals surface area (Å²) in [7, 11) is 0. The number of carbonyl (C=O) groups is 9. The highest BCUT2D eigenvalue weighted by molar-refractivity contribution is 5.97. The smallest absolute Gasteiger partial charge is 0.304 e. The number of Topliss-reactive ketones (excluding diaryl/α,β-unsaturated/α-hetero) is 7. The lowest BCUT2D eigenvalue weighted by atomic mass is 9.78. The molecule has 1 rings (SSSR count). The van der Waals surface area contributed by atoms with Crippen LogP contribution in [0.25, 0.3) is 0 Å². The van der Waals surface area contributed by atoms with Crippen LogP contribution in [0.2, 0.25) is 0 Å². The lowest BCUT2D eigenvalue weighted by molar-refractivity contribution is -0.142. The van der Waals surface area contributed by atoms with Gasteiger partial charge in [-0.2, -0.15) is 0 Å². The van der Waals surface area contributed by atoms with E-state index in [0.29, 0.717) is 32.1 Å². The second kappa shape index (κ2) is 29.2. The van der Waals surface area contributed by atoms with E-state index in [1.54, 1.807) is 13.8 Å². The SMILES string of the molecule is CCCC[C@@H](CC(=O)[C@@H](CCCC)CC(=O)[C@@H](Cc1ccccc1)CC(C)C)C(=O)C[C@H](CCC(=O)O)C(=O)C[C@H](CC(=O)O)C(=O)CCC(=O)C[C@H](C(=O)C(C)C)C(C)O. The summed E-state index contributed by atoms with van der Waals surface area (Å²) in [6.07, 6.45) is 0.377. The van der Waals surface area contributed by atoms with Crippen LogP contribution in [0.5, 0.6) is 0 Å². The number of aliphatic hydroxyl groups excluding tert-OH is 1. The van der Waals surface area contributed by atoms with Crippen molar-refractivity contribution in [3.63, 3.8) is 0 Å². The number of unbranched alkanes of at least 4 members (excludes halogenated alkanes) is 2. The van der Waals surface area contributed by atoms with Crippen molar-refractivity contribution < 1.29 is 58.5 Å². The summed E-state index contributed by atoms with van der Waals surface area (Å²) in [4.78, 5) is 118. The van der Waals surface area contributed by atoms with E-state index in [4.69, 9.17) is 0 Å². The Balaban J connectivity index is 3.27. The van der Waals surface area contributed by atoms with E-state index >= 15 is 0 Å². The van der Waals surface area contributed by atoms with Crippen molar-refractivity contribution in [2.24, 2.45) is 47.3 Å². The molecule has 0 aliphatic rings. The topological polar surface area (TPSA) is 214 Å². The van der Waals surface area contributed by atoms with E-state index in [2.05, 4.69) is 13.8 Å². The number of hydrogen-bond acceptors (Lipinski definition) is 10. The Hall–Kier alpha value is -4.19. The van der Waals surface area contributed by atoms with E-state index in [1.165, 1.54) is 6.92 Å². The van der Waals surface area contributed by atoms with Crippen molar-refractivity contribution in [1.82, 2.24) is 0 Å². The first-order valence-corrected chi connectivity index (χ1v) is 22.5. The Morgan fingerprint density at radius 1 is 0.525 bits per heavy atom. The van der Waals surface area contributed by atoms with E-state index < -0.39 is 109 Å². The molecule has 0 amide bonds. The molecule has 12 heteroatoms. The molecule has 1 aromatic rings. The predicted octanol–water partition coefficient (Wildman–Crippen LogP) is 8.44. The minimum absolute atomic E-state index is 0.0165. The maximum Gasteiger partial charge on any atom is 0.304 e. The number of carboxylic acids is 2. The van der Waals surface area contributed by atoms with Crippen LogP contribution in [-0.2, 0) is 49.6 Å². The summed E-state index contributed by atoms with van der Waals surface area (Å²) in [6.45, 7) is 12.8. The monoisotopic (exact) mass is 855 g/mol. The molecule has 61 heavy (non-hydrogen) atoms. The van der Waals surface area contributed by atoms with Crippen LogP contribution in [0.3, 0.4) is 0 Å². The number of carboxylic acid groups (broad SMARTS) is 2. The molecular weight excluding hydrogens is 781 g/mol. The van der Waals surface area contributed by atoms with Gasteiger partial charge in [-0.25, -0.2) is 0 Å². The first-order valence-electron chi connectivity index (χ1n) is 22.5. The van der Waals surface area contributed by atoms with Crippen molar-refractivity contribution in [3.8, 4) is 0 Å². The lowest BCUT2D eigenvalue weighted by Gasteiger charge is -2.24. The van der Waals surface area contributed by atoms with Crippen LogP contribution < -0.4 is 0 Å². The number of rotatable bonds is 36. The van der Waals surface area contributed by atoms with Crippen molar-refractivity contribution >= 4 is 52.4 Å². The lowest BCUT2D eigenvalue weighted by Crippen LogP contribution is -2.32. The van der Waals surface area contributed by atoms with Crippen molar-refractivity contribution in [3.05, 3.63) is 35.9 Å². The van der Waals surface area contributed by atoms with Crippen LogP contribution >= 0.6 is 0 Å². The van der Waals surface area contributed by atoms with E-state index in [1.807, 2.05) is 44.2 Å². The van der Waals surface area contributed by atoms with Gasteiger partial charge in [0.15, 0.2) is 0 Å². The minimum Gasteiger partial charge on any atom is -0.481 e. The van der Waals surface area contributed by atoms with E-state index in [-0.39, 0.29) is 61.3 Å². The van der Waals surface area contributed by atoms with Gasteiger partial charge in [0, 0.05) is 86.9 Å². The van der Waals surface area contributed by atoms with Gasteiger partial charge in [0.2, 0.25) is 0 Å². The third kappa shape index (κ3) is 21.9. The first-order chi connectivity index (χ1) is 28.7. The van der Waals surface area contributed by atoms with Crippen molar-refractivity contribution in [2.75, 3.05) is 0 Å². The number of aliphatic hydroxyl groups is 1. The van der Waals surface area contributed by atoms with Crippen LogP contribution in [0.4, 0.5) is 0 Å². The minimum atomic E-state index is -1.36. The zero-order valence-corrected chi connectivity index (χ0v) is 37.8. The Kier molecular flexibility index (Phi) is 26.2. The quantitative estimate of drug-likeness (QED) is 0.0580. The fourth-order valence-corrected chi connectivity index (χ4v) is 8.03. The van der Waals surface area contributed by atoms with E-state index in [9.17, 15) is 58.5 Å². The maximum absolute atomic E-state index is 14.1. The average Bonchev–Trinajstić information content (AvgIpc) is 3.19. The Labute approximate surface area is 363 Å². The summed E-state index contributed by atoms with van der Waals surface area (Å²) in [5.74, 6) is -10.5. The zero-order chi connectivity index (χ0) is 46.2. The standard InChI is InChI=1S/C49H74O12/c1-8-10-17-35(25-43(53)36(18-11-9-2)26-46(56)38(23-31(3)4)24-34-15-13-12-14-16-34)44(54)27-37(19-22-47(57)58)45(55)28-39(29-48(59)60)42(52)21-20-40(51)30-41(33(7)50)49(61)32(5)6/h12-16,31-33,35-39,41,50H,8-11,17-30H2,1-7H3,(H,57,58)(H,59,60)/t33?,35-,36-,37-,38+,39+,41-/m0/s1. The fraction of sp³-hybridized carbons (Fsp3) is 0.694.